The van der Waals surface area contributed by atoms with E-state index >= 15 is 0 Å². The van der Waals surface area contributed by atoms with Crippen molar-refractivity contribution in [2.24, 2.45) is 5.73 Å². The Morgan fingerprint density at radius 3 is 2.38 bits per heavy atom. The fraction of sp³-hybridized carbons (Fsp3) is 0.0500. The number of para-hydroxylation sites is 1. The van der Waals surface area contributed by atoms with E-state index in [2.05, 4.69) is 0 Å². The second kappa shape index (κ2) is 5.91. The van der Waals surface area contributed by atoms with Gasteiger partial charge >= 0.3 is 0 Å². The Balaban J connectivity index is 2.09. The first-order valence-corrected chi connectivity index (χ1v) is 7.91. The number of fused-ring (bicyclic) bond motifs is 3. The van der Waals surface area contributed by atoms with Crippen LogP contribution in [-0.4, -0.2) is 10.5 Å². The summed E-state index contributed by atoms with van der Waals surface area (Å²) in [4.78, 5) is 11.8. The van der Waals surface area contributed by atoms with E-state index in [-0.39, 0.29) is 23.2 Å². The predicted octanol–water partition coefficient (Wildman–Crippen LogP) is 4.36. The molecule has 26 heavy (non-hydrogen) atoms. The van der Waals surface area contributed by atoms with Crippen molar-refractivity contribution in [1.82, 2.24) is 4.57 Å². The van der Waals surface area contributed by atoms with Crippen LogP contribution < -0.4 is 5.73 Å². The van der Waals surface area contributed by atoms with Crippen LogP contribution in [0.1, 0.15) is 15.9 Å². The number of carbonyl (C=O) groups excluding carboxylic acids is 1. The molecule has 0 unspecified atom stereocenters. The number of amides is 1. The quantitative estimate of drug-likeness (QED) is 0.584. The molecule has 1 aromatic heterocycles. The zero-order chi connectivity index (χ0) is 18.4. The Hall–Kier alpha value is -3.28. The third-order valence-corrected chi connectivity index (χ3v) is 4.48. The van der Waals surface area contributed by atoms with Crippen LogP contribution in [0.5, 0.6) is 0 Å². The van der Waals surface area contributed by atoms with Gasteiger partial charge in [-0.15, -0.1) is 0 Å². The van der Waals surface area contributed by atoms with E-state index < -0.39 is 23.4 Å². The van der Waals surface area contributed by atoms with Crippen molar-refractivity contribution in [3.63, 3.8) is 0 Å². The zero-order valence-corrected chi connectivity index (χ0v) is 13.5. The number of hydrogen-bond donors (Lipinski definition) is 1. The predicted molar refractivity (Wildman–Crippen MR) is 93.4 cm³/mol. The smallest absolute Gasteiger partial charge is 0.249 e. The monoisotopic (exact) mass is 354 g/mol. The average molecular weight is 354 g/mol. The first-order chi connectivity index (χ1) is 12.5. The van der Waals surface area contributed by atoms with Crippen LogP contribution in [0, 0.1) is 17.5 Å². The summed E-state index contributed by atoms with van der Waals surface area (Å²) in [5.41, 5.74) is 6.52. The lowest BCUT2D eigenvalue weighted by Gasteiger charge is -2.10. The summed E-state index contributed by atoms with van der Waals surface area (Å²) in [6, 6.07) is 13.2. The SMILES string of the molecule is NC(=O)c1cccc2c1c1cccc(F)c1n2Cc1cccc(F)c1F. The molecule has 0 atom stereocenters. The lowest BCUT2D eigenvalue weighted by atomic mass is 10.1. The molecule has 3 nitrogen and oxygen atoms in total. The standard InChI is InChI=1S/C20H13F3N2O/c21-14-7-1-4-11(18(14)23)10-25-16-9-3-6-13(20(24)26)17(16)12-5-2-8-15(22)19(12)25/h1-9H,10H2,(H2,24,26). The van der Waals surface area contributed by atoms with Gasteiger partial charge < -0.3 is 10.3 Å². The Morgan fingerprint density at radius 2 is 1.62 bits per heavy atom. The molecule has 0 radical (unpaired) electrons. The molecule has 1 heterocycles. The van der Waals surface area contributed by atoms with Crippen molar-refractivity contribution in [3.05, 3.63) is 83.2 Å². The van der Waals surface area contributed by atoms with E-state index in [0.717, 1.165) is 6.07 Å². The Morgan fingerprint density at radius 1 is 0.923 bits per heavy atom. The van der Waals surface area contributed by atoms with Gasteiger partial charge in [-0.2, -0.15) is 0 Å². The molecule has 130 valence electrons. The summed E-state index contributed by atoms with van der Waals surface area (Å²) >= 11 is 0. The number of nitrogens with two attached hydrogens (primary N) is 1. The van der Waals surface area contributed by atoms with Crippen LogP contribution in [0.2, 0.25) is 0 Å². The van der Waals surface area contributed by atoms with Crippen molar-refractivity contribution >= 4 is 27.7 Å². The molecule has 0 fully saturated rings. The van der Waals surface area contributed by atoms with E-state index in [0.29, 0.717) is 16.3 Å². The molecular weight excluding hydrogens is 341 g/mol. The molecule has 0 aliphatic carbocycles. The molecule has 0 saturated heterocycles. The third kappa shape index (κ3) is 2.34. The van der Waals surface area contributed by atoms with Gasteiger partial charge in [-0.3, -0.25) is 4.79 Å². The normalized spacial score (nSPS) is 11.3. The summed E-state index contributed by atoms with van der Waals surface area (Å²) in [5, 5.41) is 0.984. The van der Waals surface area contributed by atoms with Crippen molar-refractivity contribution in [3.8, 4) is 0 Å². The zero-order valence-electron chi connectivity index (χ0n) is 13.5. The molecular formula is C20H13F3N2O. The molecule has 2 N–H and O–H groups in total. The van der Waals surface area contributed by atoms with Gasteiger partial charge in [0.15, 0.2) is 11.6 Å². The molecule has 1 amide bonds. The molecule has 6 heteroatoms. The summed E-state index contributed by atoms with van der Waals surface area (Å²) < 4.78 is 43.8. The van der Waals surface area contributed by atoms with Crippen LogP contribution in [-0.2, 0) is 6.54 Å². The van der Waals surface area contributed by atoms with E-state index in [1.165, 1.54) is 28.8 Å². The molecule has 0 aliphatic heterocycles. The highest BCUT2D eigenvalue weighted by Crippen LogP contribution is 2.34. The highest BCUT2D eigenvalue weighted by molar-refractivity contribution is 6.17. The minimum Gasteiger partial charge on any atom is -0.366 e. The number of aromatic nitrogens is 1. The van der Waals surface area contributed by atoms with Crippen molar-refractivity contribution in [2.45, 2.75) is 6.54 Å². The molecule has 4 rings (SSSR count). The maximum Gasteiger partial charge on any atom is 0.249 e. The second-order valence-electron chi connectivity index (χ2n) is 6.00. The van der Waals surface area contributed by atoms with Gasteiger partial charge in [0.25, 0.3) is 0 Å². The highest BCUT2D eigenvalue weighted by Gasteiger charge is 2.20. The summed E-state index contributed by atoms with van der Waals surface area (Å²) in [5.74, 6) is -3.12. The topological polar surface area (TPSA) is 48.0 Å². The van der Waals surface area contributed by atoms with E-state index in [1.54, 1.807) is 24.3 Å². The number of rotatable bonds is 3. The van der Waals surface area contributed by atoms with Crippen molar-refractivity contribution in [1.29, 1.82) is 0 Å². The minimum absolute atomic E-state index is 0.0801. The number of hydrogen-bond acceptors (Lipinski definition) is 1. The fourth-order valence-electron chi connectivity index (χ4n) is 3.37. The number of carbonyl (C=O) groups is 1. The number of nitrogens with zero attached hydrogens (tertiary/aromatic N) is 1. The van der Waals surface area contributed by atoms with Gasteiger partial charge in [0.05, 0.1) is 17.6 Å². The third-order valence-electron chi connectivity index (χ3n) is 4.48. The largest absolute Gasteiger partial charge is 0.366 e. The lowest BCUT2D eigenvalue weighted by molar-refractivity contribution is 0.100. The maximum atomic E-state index is 14.6. The Kier molecular flexibility index (Phi) is 3.68. The number of primary amides is 1. The van der Waals surface area contributed by atoms with E-state index in [1.807, 2.05) is 0 Å². The molecule has 0 saturated carbocycles. The molecule has 0 bridgehead atoms. The van der Waals surface area contributed by atoms with Crippen molar-refractivity contribution < 1.29 is 18.0 Å². The van der Waals surface area contributed by atoms with E-state index in [4.69, 9.17) is 5.73 Å². The number of benzene rings is 3. The minimum atomic E-state index is -0.982. The Bertz CT molecular complexity index is 1180. The first kappa shape index (κ1) is 16.2. The van der Waals surface area contributed by atoms with Gasteiger partial charge in [-0.05, 0) is 24.3 Å². The molecule has 0 spiro atoms. The van der Waals surface area contributed by atoms with Gasteiger partial charge in [0, 0.05) is 21.9 Å². The van der Waals surface area contributed by atoms with Gasteiger partial charge in [0.1, 0.15) is 5.82 Å². The van der Waals surface area contributed by atoms with Crippen LogP contribution in [0.25, 0.3) is 21.8 Å². The second-order valence-corrected chi connectivity index (χ2v) is 6.00. The van der Waals surface area contributed by atoms with Gasteiger partial charge in [0.2, 0.25) is 5.91 Å². The average Bonchev–Trinajstić information content (AvgIpc) is 2.94. The lowest BCUT2D eigenvalue weighted by Crippen LogP contribution is -2.11. The van der Waals surface area contributed by atoms with Crippen LogP contribution >= 0.6 is 0 Å². The Labute approximate surface area is 146 Å². The van der Waals surface area contributed by atoms with Crippen LogP contribution in [0.4, 0.5) is 13.2 Å². The maximum absolute atomic E-state index is 14.6. The fourth-order valence-corrected chi connectivity index (χ4v) is 3.37. The summed E-state index contributed by atoms with van der Waals surface area (Å²) in [7, 11) is 0. The molecule has 4 aromatic rings. The summed E-state index contributed by atoms with van der Waals surface area (Å²) in [6.07, 6.45) is 0. The van der Waals surface area contributed by atoms with Gasteiger partial charge in [-0.1, -0.05) is 30.3 Å². The molecule has 3 aromatic carbocycles. The first-order valence-electron chi connectivity index (χ1n) is 7.91. The molecule has 0 aliphatic rings. The summed E-state index contributed by atoms with van der Waals surface area (Å²) in [6.45, 7) is -0.0905. The highest BCUT2D eigenvalue weighted by atomic mass is 19.2. The van der Waals surface area contributed by atoms with Crippen LogP contribution in [0.15, 0.2) is 54.6 Å². The van der Waals surface area contributed by atoms with Gasteiger partial charge in [-0.25, -0.2) is 13.2 Å². The number of halogens is 3. The van der Waals surface area contributed by atoms with E-state index in [9.17, 15) is 18.0 Å². The van der Waals surface area contributed by atoms with Crippen LogP contribution in [0.3, 0.4) is 0 Å². The van der Waals surface area contributed by atoms with Crippen molar-refractivity contribution in [2.75, 3.05) is 0 Å².